The van der Waals surface area contributed by atoms with Crippen molar-refractivity contribution in [2.75, 3.05) is 6.54 Å². The molecule has 1 N–H and O–H groups in total. The monoisotopic (exact) mass is 401 g/mol. The van der Waals surface area contributed by atoms with Crippen LogP contribution in [0.5, 0.6) is 0 Å². The normalized spacial score (nSPS) is 25.3. The molecular weight excluding hydrogens is 382 g/mol. The summed E-state index contributed by atoms with van der Waals surface area (Å²) in [5.74, 6) is -1.00. The smallest absolute Gasteiger partial charge is 0.264 e. The Morgan fingerprint density at radius 3 is 2.30 bits per heavy atom. The molecule has 1 aromatic heterocycles. The Morgan fingerprint density at radius 2 is 1.67 bits per heavy atom. The summed E-state index contributed by atoms with van der Waals surface area (Å²) in [4.78, 5) is 32.3. The predicted molar refractivity (Wildman–Crippen MR) is 108 cm³/mol. The number of hydrogen-bond acceptors (Lipinski definition) is 6. The zero-order valence-corrected chi connectivity index (χ0v) is 16.3. The minimum atomic E-state index is -1.85. The first-order valence-corrected chi connectivity index (χ1v) is 9.62. The van der Waals surface area contributed by atoms with Gasteiger partial charge in [0.25, 0.3) is 5.91 Å². The van der Waals surface area contributed by atoms with E-state index in [1.807, 2.05) is 60.7 Å². The van der Waals surface area contributed by atoms with E-state index in [0.717, 1.165) is 16.0 Å². The van der Waals surface area contributed by atoms with Crippen LogP contribution in [0.2, 0.25) is 0 Å². The van der Waals surface area contributed by atoms with Crippen LogP contribution < -0.4 is 0 Å². The Kier molecular flexibility index (Phi) is 3.94. The van der Waals surface area contributed by atoms with Gasteiger partial charge in [-0.05, 0) is 5.56 Å². The van der Waals surface area contributed by atoms with Gasteiger partial charge in [-0.1, -0.05) is 60.7 Å². The van der Waals surface area contributed by atoms with Crippen LogP contribution in [0.15, 0.2) is 71.9 Å². The van der Waals surface area contributed by atoms with Crippen LogP contribution in [-0.4, -0.2) is 54.8 Å². The molecule has 150 valence electrons. The van der Waals surface area contributed by atoms with Gasteiger partial charge in [0.05, 0.1) is 12.7 Å². The molecule has 0 saturated carbocycles. The third-order valence-electron chi connectivity index (χ3n) is 5.77. The zero-order valence-electron chi connectivity index (χ0n) is 16.3. The summed E-state index contributed by atoms with van der Waals surface area (Å²) in [5, 5.41) is 20.4. The van der Waals surface area contributed by atoms with Gasteiger partial charge in [-0.25, -0.2) is 4.99 Å². The number of rotatable bonds is 3. The summed E-state index contributed by atoms with van der Waals surface area (Å²) in [6, 6.07) is 18.8. The van der Waals surface area contributed by atoms with Crippen LogP contribution in [0.25, 0.3) is 11.3 Å². The quantitative estimate of drug-likeness (QED) is 0.719. The topological polar surface area (TPSA) is 101 Å². The number of aliphatic hydroxyl groups is 1. The highest BCUT2D eigenvalue weighted by atomic mass is 16.3. The Balaban J connectivity index is 1.64. The number of benzene rings is 2. The Labute approximate surface area is 172 Å². The molecule has 1 fully saturated rings. The molecule has 2 atom stereocenters. The minimum Gasteiger partial charge on any atom is -0.365 e. The van der Waals surface area contributed by atoms with Crippen LogP contribution in [-0.2, 0) is 15.1 Å². The number of carbonyl (C=O) groups excluding carboxylic acids is 2. The number of amides is 2. The highest BCUT2D eigenvalue weighted by Gasteiger charge is 2.71. The molecule has 0 bridgehead atoms. The van der Waals surface area contributed by atoms with E-state index in [0.29, 0.717) is 11.4 Å². The third kappa shape index (κ3) is 2.47. The number of β-amino-alcohol motifs (C(OH)–C–C–N with tert-alkyl or cyclic N) is 1. The summed E-state index contributed by atoms with van der Waals surface area (Å²) in [7, 11) is 0. The van der Waals surface area contributed by atoms with E-state index in [2.05, 4.69) is 15.2 Å². The minimum absolute atomic E-state index is 0.0824. The lowest BCUT2D eigenvalue weighted by molar-refractivity contribution is -0.146. The van der Waals surface area contributed by atoms with Gasteiger partial charge in [-0.2, -0.15) is 15.0 Å². The highest BCUT2D eigenvalue weighted by Crippen LogP contribution is 2.48. The van der Waals surface area contributed by atoms with E-state index < -0.39 is 23.1 Å². The highest BCUT2D eigenvalue weighted by molar-refractivity contribution is 6.11. The molecule has 1 saturated heterocycles. The van der Waals surface area contributed by atoms with Crippen molar-refractivity contribution in [1.29, 1.82) is 0 Å². The van der Waals surface area contributed by atoms with Gasteiger partial charge >= 0.3 is 0 Å². The van der Waals surface area contributed by atoms with Gasteiger partial charge in [0, 0.05) is 24.6 Å². The molecule has 8 nitrogen and oxygen atoms in total. The SMILES string of the molecule is CC(=O)N1C[C@]2(O)N=C(c3ccccc3)C[C@]2(n2ncc(-c3ccccc3)n2)C1=O. The molecule has 2 amide bonds. The van der Waals surface area contributed by atoms with E-state index in [1.54, 1.807) is 6.20 Å². The van der Waals surface area contributed by atoms with Crippen molar-refractivity contribution in [3.05, 3.63) is 72.4 Å². The van der Waals surface area contributed by atoms with Gasteiger partial charge in [0.1, 0.15) is 5.69 Å². The Bertz CT molecular complexity index is 1170. The van der Waals surface area contributed by atoms with E-state index >= 15 is 0 Å². The van der Waals surface area contributed by atoms with Crippen molar-refractivity contribution in [3.63, 3.8) is 0 Å². The first-order valence-electron chi connectivity index (χ1n) is 9.62. The molecule has 8 heteroatoms. The second-order valence-electron chi connectivity index (χ2n) is 7.57. The van der Waals surface area contributed by atoms with Crippen molar-refractivity contribution in [1.82, 2.24) is 19.9 Å². The predicted octanol–water partition coefficient (Wildman–Crippen LogP) is 1.61. The molecule has 0 radical (unpaired) electrons. The van der Waals surface area contributed by atoms with Crippen LogP contribution in [0.3, 0.4) is 0 Å². The summed E-state index contributed by atoms with van der Waals surface area (Å²) in [5.41, 5.74) is -0.690. The number of imide groups is 1. The van der Waals surface area contributed by atoms with E-state index in [4.69, 9.17) is 0 Å². The number of nitrogens with zero attached hydrogens (tertiary/aromatic N) is 5. The second kappa shape index (κ2) is 6.43. The van der Waals surface area contributed by atoms with Crippen LogP contribution in [0.1, 0.15) is 18.9 Å². The number of aliphatic imine (C=N–C) groups is 1. The molecule has 0 aliphatic carbocycles. The maximum Gasteiger partial charge on any atom is 0.264 e. The lowest BCUT2D eigenvalue weighted by Gasteiger charge is -2.29. The van der Waals surface area contributed by atoms with Gasteiger partial charge < -0.3 is 5.11 Å². The number of likely N-dealkylation sites (tertiary alicyclic amines) is 1. The van der Waals surface area contributed by atoms with Gasteiger partial charge in [0.15, 0.2) is 0 Å². The first-order chi connectivity index (χ1) is 14.4. The summed E-state index contributed by atoms with van der Waals surface area (Å²) in [6.45, 7) is 1.06. The molecule has 3 aromatic rings. The molecule has 3 heterocycles. The van der Waals surface area contributed by atoms with E-state index in [1.165, 1.54) is 11.7 Å². The number of fused-ring (bicyclic) bond motifs is 1. The van der Waals surface area contributed by atoms with Gasteiger partial charge in [-0.3, -0.25) is 14.5 Å². The summed E-state index contributed by atoms with van der Waals surface area (Å²) < 4.78 is 0. The van der Waals surface area contributed by atoms with Crippen LogP contribution >= 0.6 is 0 Å². The van der Waals surface area contributed by atoms with Crippen LogP contribution in [0, 0.1) is 0 Å². The second-order valence-corrected chi connectivity index (χ2v) is 7.57. The van der Waals surface area contributed by atoms with Crippen molar-refractivity contribution in [2.45, 2.75) is 24.6 Å². The lowest BCUT2D eigenvalue weighted by atomic mass is 9.87. The fraction of sp³-hybridized carbons (Fsp3) is 0.227. The maximum atomic E-state index is 13.4. The van der Waals surface area contributed by atoms with Crippen molar-refractivity contribution >= 4 is 17.5 Å². The zero-order chi connectivity index (χ0) is 20.9. The molecule has 0 spiro atoms. The average Bonchev–Trinajstić information content (AvgIpc) is 3.41. The molecule has 2 aliphatic heterocycles. The van der Waals surface area contributed by atoms with Crippen molar-refractivity contribution in [2.24, 2.45) is 4.99 Å². The Hall–Kier alpha value is -3.65. The number of carbonyl (C=O) groups is 2. The largest absolute Gasteiger partial charge is 0.365 e. The average molecular weight is 401 g/mol. The molecule has 30 heavy (non-hydrogen) atoms. The summed E-state index contributed by atoms with van der Waals surface area (Å²) >= 11 is 0. The summed E-state index contributed by atoms with van der Waals surface area (Å²) in [6.07, 6.45) is 1.63. The molecular formula is C22H19N5O3. The fourth-order valence-electron chi connectivity index (χ4n) is 4.22. The maximum absolute atomic E-state index is 13.4. The number of hydrogen-bond donors (Lipinski definition) is 1. The van der Waals surface area contributed by atoms with Crippen LogP contribution in [0.4, 0.5) is 0 Å². The molecule has 2 aliphatic rings. The molecule has 0 unspecified atom stereocenters. The molecule has 5 rings (SSSR count). The van der Waals surface area contributed by atoms with Crippen molar-refractivity contribution < 1.29 is 14.7 Å². The van der Waals surface area contributed by atoms with Crippen molar-refractivity contribution in [3.8, 4) is 11.3 Å². The Morgan fingerprint density at radius 1 is 1.03 bits per heavy atom. The lowest BCUT2D eigenvalue weighted by Crippen LogP contribution is -2.54. The third-order valence-corrected chi connectivity index (χ3v) is 5.77. The van der Waals surface area contributed by atoms with Gasteiger partial charge in [0.2, 0.25) is 17.2 Å². The van der Waals surface area contributed by atoms with E-state index in [9.17, 15) is 14.7 Å². The standard InChI is InChI=1S/C22H19N5O3/c1-15(28)26-14-22(30)21(20(26)29,12-18(24-22)16-8-4-2-5-9-16)27-23-13-19(25-27)17-10-6-3-7-11-17/h2-11,13,30H,12,14H2,1H3/t21-,22+/m0/s1. The number of aromatic nitrogens is 3. The molecule has 2 aromatic carbocycles. The fourth-order valence-corrected chi connectivity index (χ4v) is 4.22. The van der Waals surface area contributed by atoms with Gasteiger partial charge in [-0.15, -0.1) is 0 Å². The first kappa shape index (κ1) is 18.4. The van der Waals surface area contributed by atoms with E-state index in [-0.39, 0.29) is 13.0 Å².